The summed E-state index contributed by atoms with van der Waals surface area (Å²) >= 11 is 0. The van der Waals surface area contributed by atoms with Crippen LogP contribution in [0.5, 0.6) is 11.5 Å². The van der Waals surface area contributed by atoms with E-state index in [4.69, 9.17) is 9.47 Å². The molecule has 0 spiro atoms. The average Bonchev–Trinajstić information content (AvgIpc) is 2.72. The molecule has 1 aromatic carbocycles. The minimum atomic E-state index is -0.544. The molecule has 1 fully saturated rings. The summed E-state index contributed by atoms with van der Waals surface area (Å²) in [4.78, 5) is 26.8. The SMILES string of the molecule is CNCCC1CCN(C(C)C(=O)NC(=O)Nc2ccc3c(c2)OCCO3)CC1.Cl. The molecule has 1 atom stereocenters. The Balaban J connectivity index is 0.00000300. The largest absolute Gasteiger partial charge is 0.486 e. The standard InChI is InChI=1S/C20H30N4O4.ClH/c1-14(24-9-6-15(7-10-24)5-8-21-2)19(25)23-20(26)22-16-3-4-17-18(13-16)28-12-11-27-17;/h3-4,13-15,21H,5-12H2,1-2H3,(H2,22,23,25,26);1H. The van der Waals surface area contributed by atoms with E-state index in [2.05, 4.69) is 20.9 Å². The molecule has 1 saturated heterocycles. The van der Waals surface area contributed by atoms with Gasteiger partial charge in [-0.2, -0.15) is 0 Å². The maximum absolute atomic E-state index is 12.5. The molecule has 29 heavy (non-hydrogen) atoms. The number of amides is 3. The molecule has 3 N–H and O–H groups in total. The summed E-state index contributed by atoms with van der Waals surface area (Å²) in [5.74, 6) is 1.66. The summed E-state index contributed by atoms with van der Waals surface area (Å²) in [7, 11) is 1.97. The smallest absolute Gasteiger partial charge is 0.325 e. The Morgan fingerprint density at radius 1 is 1.17 bits per heavy atom. The number of nitrogens with one attached hydrogen (secondary N) is 3. The molecule has 0 bridgehead atoms. The summed E-state index contributed by atoms with van der Waals surface area (Å²) in [6.45, 7) is 5.63. The van der Waals surface area contributed by atoms with Gasteiger partial charge in [-0.1, -0.05) is 0 Å². The Morgan fingerprint density at radius 2 is 1.86 bits per heavy atom. The number of rotatable bonds is 6. The van der Waals surface area contributed by atoms with Gasteiger partial charge >= 0.3 is 6.03 Å². The van der Waals surface area contributed by atoms with E-state index in [9.17, 15) is 9.59 Å². The third-order valence-corrected chi connectivity index (χ3v) is 5.42. The van der Waals surface area contributed by atoms with Crippen LogP contribution < -0.4 is 25.4 Å². The summed E-state index contributed by atoms with van der Waals surface area (Å²) in [6, 6.07) is 4.27. The number of carbonyl (C=O) groups excluding carboxylic acids is 2. The van der Waals surface area contributed by atoms with Gasteiger partial charge in [0.25, 0.3) is 0 Å². The fourth-order valence-electron chi connectivity index (χ4n) is 3.64. The number of hydrogen-bond acceptors (Lipinski definition) is 6. The van der Waals surface area contributed by atoms with Crippen molar-refractivity contribution in [2.45, 2.75) is 32.2 Å². The van der Waals surface area contributed by atoms with Crippen molar-refractivity contribution < 1.29 is 19.1 Å². The first-order chi connectivity index (χ1) is 13.6. The van der Waals surface area contributed by atoms with Crippen LogP contribution in [0, 0.1) is 5.92 Å². The van der Waals surface area contributed by atoms with Gasteiger partial charge in [0.15, 0.2) is 11.5 Å². The second-order valence-corrected chi connectivity index (χ2v) is 7.35. The molecule has 1 aromatic rings. The van der Waals surface area contributed by atoms with Crippen molar-refractivity contribution in [3.8, 4) is 11.5 Å². The topological polar surface area (TPSA) is 91.9 Å². The molecule has 9 heteroatoms. The first kappa shape index (κ1) is 23.3. The highest BCUT2D eigenvalue weighted by Gasteiger charge is 2.27. The number of anilines is 1. The minimum Gasteiger partial charge on any atom is -0.486 e. The Morgan fingerprint density at radius 3 is 2.55 bits per heavy atom. The zero-order chi connectivity index (χ0) is 19.9. The van der Waals surface area contributed by atoms with Crippen LogP contribution in [0.1, 0.15) is 26.2 Å². The molecule has 2 aliphatic rings. The predicted octanol–water partition coefficient (Wildman–Crippen LogP) is 2.24. The number of halogens is 1. The van der Waals surface area contributed by atoms with Gasteiger partial charge in [0, 0.05) is 11.8 Å². The number of urea groups is 1. The van der Waals surface area contributed by atoms with Gasteiger partial charge < -0.3 is 20.1 Å². The second-order valence-electron chi connectivity index (χ2n) is 7.35. The number of nitrogens with zero attached hydrogens (tertiary/aromatic N) is 1. The van der Waals surface area contributed by atoms with Crippen molar-refractivity contribution in [2.24, 2.45) is 5.92 Å². The first-order valence-electron chi connectivity index (χ1n) is 9.97. The Labute approximate surface area is 178 Å². The predicted molar refractivity (Wildman–Crippen MR) is 114 cm³/mol. The van der Waals surface area contributed by atoms with E-state index in [-0.39, 0.29) is 24.4 Å². The lowest BCUT2D eigenvalue weighted by molar-refractivity contribution is -0.125. The molecular formula is C20H31ClN4O4. The van der Waals surface area contributed by atoms with Crippen LogP contribution in [-0.2, 0) is 4.79 Å². The molecular weight excluding hydrogens is 396 g/mol. The number of fused-ring (bicyclic) bond motifs is 1. The molecule has 3 rings (SSSR count). The maximum Gasteiger partial charge on any atom is 0.325 e. The number of ether oxygens (including phenoxy) is 2. The number of imide groups is 1. The molecule has 8 nitrogen and oxygen atoms in total. The molecule has 0 aliphatic carbocycles. The number of carbonyl (C=O) groups is 2. The van der Waals surface area contributed by atoms with Gasteiger partial charge in [-0.15, -0.1) is 12.4 Å². The summed E-state index contributed by atoms with van der Waals surface area (Å²) < 4.78 is 11.0. The zero-order valence-electron chi connectivity index (χ0n) is 17.0. The van der Waals surface area contributed by atoms with E-state index in [1.165, 1.54) is 6.42 Å². The van der Waals surface area contributed by atoms with Crippen LogP contribution >= 0.6 is 12.4 Å². The summed E-state index contributed by atoms with van der Waals surface area (Å²) in [5.41, 5.74) is 0.549. The zero-order valence-corrected chi connectivity index (χ0v) is 17.8. The molecule has 0 aromatic heterocycles. The lowest BCUT2D eigenvalue weighted by Gasteiger charge is -2.35. The molecule has 162 valence electrons. The van der Waals surface area contributed by atoms with Gasteiger partial charge in [-0.3, -0.25) is 15.0 Å². The van der Waals surface area contributed by atoms with Crippen LogP contribution in [0.3, 0.4) is 0 Å². The quantitative estimate of drug-likeness (QED) is 0.646. The maximum atomic E-state index is 12.5. The van der Waals surface area contributed by atoms with Crippen molar-refractivity contribution in [3.63, 3.8) is 0 Å². The monoisotopic (exact) mass is 426 g/mol. The molecule has 2 aliphatic heterocycles. The van der Waals surface area contributed by atoms with Crippen LogP contribution in [0.15, 0.2) is 18.2 Å². The highest BCUT2D eigenvalue weighted by atomic mass is 35.5. The average molecular weight is 427 g/mol. The van der Waals surface area contributed by atoms with E-state index in [1.807, 2.05) is 14.0 Å². The van der Waals surface area contributed by atoms with Gasteiger partial charge in [0.05, 0.1) is 6.04 Å². The first-order valence-corrected chi connectivity index (χ1v) is 9.97. The normalized spacial score (nSPS) is 17.7. The highest BCUT2D eigenvalue weighted by molar-refractivity contribution is 6.02. The number of piperidine rings is 1. The van der Waals surface area contributed by atoms with E-state index in [0.29, 0.717) is 36.3 Å². The fourth-order valence-corrected chi connectivity index (χ4v) is 3.64. The summed E-state index contributed by atoms with van der Waals surface area (Å²) in [6.07, 6.45) is 3.34. The highest BCUT2D eigenvalue weighted by Crippen LogP contribution is 2.32. The van der Waals surface area contributed by atoms with Crippen LogP contribution in [0.4, 0.5) is 10.5 Å². The van der Waals surface area contributed by atoms with E-state index in [0.717, 1.165) is 32.5 Å². The van der Waals surface area contributed by atoms with Crippen LogP contribution in [0.2, 0.25) is 0 Å². The number of hydrogen-bond donors (Lipinski definition) is 3. The van der Waals surface area contributed by atoms with E-state index >= 15 is 0 Å². The molecule has 0 radical (unpaired) electrons. The van der Waals surface area contributed by atoms with Gasteiger partial charge in [-0.05, 0) is 70.9 Å². The molecule has 0 saturated carbocycles. The van der Waals surface area contributed by atoms with Crippen molar-refractivity contribution in [2.75, 3.05) is 45.2 Å². The van der Waals surface area contributed by atoms with E-state index < -0.39 is 6.03 Å². The van der Waals surface area contributed by atoms with Crippen LogP contribution in [0.25, 0.3) is 0 Å². The van der Waals surface area contributed by atoms with Crippen molar-refractivity contribution in [1.82, 2.24) is 15.5 Å². The second kappa shape index (κ2) is 11.2. The Bertz CT molecular complexity index is 695. The Kier molecular flexibility index (Phi) is 9.00. The fraction of sp³-hybridized carbons (Fsp3) is 0.600. The number of benzene rings is 1. The van der Waals surface area contributed by atoms with Gasteiger partial charge in [0.1, 0.15) is 13.2 Å². The van der Waals surface area contributed by atoms with Gasteiger partial charge in [0.2, 0.25) is 5.91 Å². The third kappa shape index (κ3) is 6.48. The van der Waals surface area contributed by atoms with Crippen molar-refractivity contribution >= 4 is 30.0 Å². The third-order valence-electron chi connectivity index (χ3n) is 5.42. The number of likely N-dealkylation sites (tertiary alicyclic amines) is 1. The molecule has 3 amide bonds. The Hall–Kier alpha value is -2.03. The lowest BCUT2D eigenvalue weighted by Crippen LogP contribution is -2.50. The summed E-state index contributed by atoms with van der Waals surface area (Å²) in [5, 5.41) is 8.31. The van der Waals surface area contributed by atoms with E-state index in [1.54, 1.807) is 18.2 Å². The van der Waals surface area contributed by atoms with Gasteiger partial charge in [-0.25, -0.2) is 4.79 Å². The van der Waals surface area contributed by atoms with Crippen molar-refractivity contribution in [1.29, 1.82) is 0 Å². The lowest BCUT2D eigenvalue weighted by atomic mass is 9.93. The van der Waals surface area contributed by atoms with Crippen LogP contribution in [-0.4, -0.2) is 62.8 Å². The minimum absolute atomic E-state index is 0. The molecule has 2 heterocycles. The molecule has 1 unspecified atom stereocenters. The van der Waals surface area contributed by atoms with Crippen molar-refractivity contribution in [3.05, 3.63) is 18.2 Å².